The van der Waals surface area contributed by atoms with E-state index in [1.54, 1.807) is 13.2 Å². The lowest BCUT2D eigenvalue weighted by atomic mass is 10.0. The Kier molecular flexibility index (Phi) is 3.60. The Morgan fingerprint density at radius 3 is 3.04 bits per heavy atom. The normalized spacial score (nSPS) is 19.3. The zero-order chi connectivity index (χ0) is 18.5. The number of halogens is 1. The summed E-state index contributed by atoms with van der Waals surface area (Å²) in [5.74, 6) is -1.16. The van der Waals surface area contributed by atoms with Crippen LogP contribution in [0.15, 0.2) is 24.8 Å². The van der Waals surface area contributed by atoms with Crippen molar-refractivity contribution in [2.24, 2.45) is 0 Å². The highest BCUT2D eigenvalue weighted by Gasteiger charge is 2.26. The number of nitrogens with one attached hydrogen (secondary N) is 1. The number of pyridine rings is 1. The second-order valence-electron chi connectivity index (χ2n) is 6.51. The van der Waals surface area contributed by atoms with Gasteiger partial charge in [0.1, 0.15) is 12.1 Å². The number of hydroxylamine groups is 3. The van der Waals surface area contributed by atoms with Crippen molar-refractivity contribution >= 4 is 23.1 Å². The van der Waals surface area contributed by atoms with Crippen molar-refractivity contribution in [2.45, 2.75) is 13.0 Å². The molecular formula is C16H16FN7O2. The van der Waals surface area contributed by atoms with Gasteiger partial charge in [-0.3, -0.25) is 9.78 Å². The zero-order valence-electron chi connectivity index (χ0n) is 13.9. The molecule has 1 atom stereocenters. The van der Waals surface area contributed by atoms with Gasteiger partial charge in [0.15, 0.2) is 17.3 Å². The first-order valence-electron chi connectivity index (χ1n) is 7.96. The minimum Gasteiger partial charge on any atom is -0.633 e. The average molecular weight is 357 g/mol. The standard InChI is InChI=1S/C16H16FN7O2/c1-24(26)3-2-11-9(8-24)4-19-6-12(11)21-16(25)13-14(18)22-23-7-10(17)5-20-15(13)23/h4-7H,2-3,8H2,1H3,(H2,18,22)(H,21,25). The van der Waals surface area contributed by atoms with E-state index in [1.165, 1.54) is 6.20 Å². The molecule has 0 aliphatic carbocycles. The van der Waals surface area contributed by atoms with Gasteiger partial charge in [0, 0.05) is 18.2 Å². The quantitative estimate of drug-likeness (QED) is 0.523. The summed E-state index contributed by atoms with van der Waals surface area (Å²) in [7, 11) is 1.61. The first kappa shape index (κ1) is 16.4. The molecule has 0 spiro atoms. The highest BCUT2D eigenvalue weighted by Crippen LogP contribution is 2.28. The second kappa shape index (κ2) is 5.71. The topological polar surface area (TPSA) is 121 Å². The Bertz CT molecular complexity index is 1030. The average Bonchev–Trinajstić information content (AvgIpc) is 2.88. The first-order chi connectivity index (χ1) is 12.3. The third-order valence-corrected chi connectivity index (χ3v) is 4.43. The van der Waals surface area contributed by atoms with E-state index in [9.17, 15) is 14.4 Å². The van der Waals surface area contributed by atoms with Crippen LogP contribution < -0.4 is 11.1 Å². The lowest BCUT2D eigenvalue weighted by Gasteiger charge is -2.42. The van der Waals surface area contributed by atoms with Crippen LogP contribution in [-0.2, 0) is 13.0 Å². The molecule has 10 heteroatoms. The number of nitrogens with two attached hydrogens (primary N) is 1. The fourth-order valence-electron chi connectivity index (χ4n) is 3.19. The maximum atomic E-state index is 13.3. The summed E-state index contributed by atoms with van der Waals surface area (Å²) < 4.78 is 14.0. The molecule has 0 saturated carbocycles. The van der Waals surface area contributed by atoms with Crippen LogP contribution in [0.5, 0.6) is 0 Å². The SMILES string of the molecule is C[N+]1([O-])CCc2c(cncc2NC(=O)c2c(N)nn3cc(F)cnc23)C1. The number of aromatic nitrogens is 4. The van der Waals surface area contributed by atoms with E-state index in [-0.39, 0.29) is 21.7 Å². The molecule has 3 N–H and O–H groups in total. The number of nitrogen functional groups attached to an aromatic ring is 1. The van der Waals surface area contributed by atoms with Gasteiger partial charge in [-0.1, -0.05) is 0 Å². The van der Waals surface area contributed by atoms with Crippen molar-refractivity contribution < 1.29 is 13.8 Å². The van der Waals surface area contributed by atoms with Crippen molar-refractivity contribution in [3.8, 4) is 0 Å². The number of amides is 1. The number of rotatable bonds is 2. The van der Waals surface area contributed by atoms with Crippen LogP contribution in [0.2, 0.25) is 0 Å². The summed E-state index contributed by atoms with van der Waals surface area (Å²) in [6.45, 7) is 0.714. The molecule has 0 bridgehead atoms. The summed E-state index contributed by atoms with van der Waals surface area (Å²) in [5, 5.41) is 18.9. The molecule has 1 aliphatic rings. The van der Waals surface area contributed by atoms with E-state index < -0.39 is 11.7 Å². The number of hydrogen-bond acceptors (Lipinski definition) is 6. The Balaban J connectivity index is 1.69. The molecule has 3 aromatic rings. The van der Waals surface area contributed by atoms with Gasteiger partial charge in [0.2, 0.25) is 0 Å². The highest BCUT2D eigenvalue weighted by molar-refractivity contribution is 6.11. The molecule has 134 valence electrons. The number of nitrogens with zero attached hydrogens (tertiary/aromatic N) is 5. The lowest BCUT2D eigenvalue weighted by molar-refractivity contribution is -0.876. The van der Waals surface area contributed by atoms with Crippen molar-refractivity contribution in [1.82, 2.24) is 19.6 Å². The van der Waals surface area contributed by atoms with Crippen molar-refractivity contribution in [3.63, 3.8) is 0 Å². The maximum absolute atomic E-state index is 13.3. The van der Waals surface area contributed by atoms with Gasteiger partial charge in [0.25, 0.3) is 5.91 Å². The molecule has 3 aromatic heterocycles. The summed E-state index contributed by atoms with van der Waals surface area (Å²) >= 11 is 0. The lowest BCUT2D eigenvalue weighted by Crippen LogP contribution is -2.42. The molecule has 4 heterocycles. The molecule has 0 aromatic carbocycles. The Morgan fingerprint density at radius 1 is 1.42 bits per heavy atom. The molecule has 0 saturated heterocycles. The number of carbonyl (C=O) groups excluding carboxylic acids is 1. The number of anilines is 2. The van der Waals surface area contributed by atoms with Crippen LogP contribution in [-0.4, -0.2) is 43.7 Å². The van der Waals surface area contributed by atoms with E-state index in [0.717, 1.165) is 28.0 Å². The van der Waals surface area contributed by atoms with Crippen molar-refractivity contribution in [2.75, 3.05) is 24.6 Å². The van der Waals surface area contributed by atoms with Crippen LogP contribution in [0.3, 0.4) is 0 Å². The monoisotopic (exact) mass is 357 g/mol. The molecule has 9 nitrogen and oxygen atoms in total. The first-order valence-corrected chi connectivity index (χ1v) is 7.96. The van der Waals surface area contributed by atoms with Gasteiger partial charge in [-0.15, -0.1) is 5.10 Å². The van der Waals surface area contributed by atoms with Crippen molar-refractivity contribution in [1.29, 1.82) is 0 Å². The fraction of sp³-hybridized carbons (Fsp3) is 0.250. The third kappa shape index (κ3) is 2.74. The fourth-order valence-corrected chi connectivity index (χ4v) is 3.19. The van der Waals surface area contributed by atoms with Gasteiger partial charge >= 0.3 is 0 Å². The number of quaternary nitrogens is 1. The molecule has 1 unspecified atom stereocenters. The molecule has 1 aliphatic heterocycles. The van der Waals surface area contributed by atoms with Gasteiger partial charge in [-0.2, -0.15) is 0 Å². The van der Waals surface area contributed by atoms with Gasteiger partial charge < -0.3 is 20.9 Å². The van der Waals surface area contributed by atoms with Crippen LogP contribution in [0.25, 0.3) is 5.65 Å². The molecule has 26 heavy (non-hydrogen) atoms. The van der Waals surface area contributed by atoms with Crippen LogP contribution in [0.1, 0.15) is 21.5 Å². The minimum atomic E-state index is -0.591. The van der Waals surface area contributed by atoms with E-state index in [2.05, 4.69) is 20.4 Å². The molecular weight excluding hydrogens is 341 g/mol. The van der Waals surface area contributed by atoms with E-state index in [0.29, 0.717) is 25.2 Å². The number of hydrogen-bond donors (Lipinski definition) is 2. The van der Waals surface area contributed by atoms with E-state index in [1.807, 2.05) is 0 Å². The van der Waals surface area contributed by atoms with Gasteiger partial charge in [0.05, 0.1) is 37.9 Å². The minimum absolute atomic E-state index is 0.0536. The van der Waals surface area contributed by atoms with Gasteiger partial charge in [-0.25, -0.2) is 13.9 Å². The summed E-state index contributed by atoms with van der Waals surface area (Å²) in [6.07, 6.45) is 5.79. The predicted molar refractivity (Wildman–Crippen MR) is 91.4 cm³/mol. The third-order valence-electron chi connectivity index (χ3n) is 4.43. The highest BCUT2D eigenvalue weighted by atomic mass is 19.1. The van der Waals surface area contributed by atoms with Crippen LogP contribution >= 0.6 is 0 Å². The largest absolute Gasteiger partial charge is 0.633 e. The summed E-state index contributed by atoms with van der Waals surface area (Å²) in [6, 6.07) is 0. The molecule has 4 rings (SSSR count). The molecule has 0 fully saturated rings. The van der Waals surface area contributed by atoms with Crippen LogP contribution in [0, 0.1) is 11.0 Å². The Labute approximate surface area is 147 Å². The predicted octanol–water partition coefficient (Wildman–Crippen LogP) is 1.10. The number of carbonyl (C=O) groups is 1. The van der Waals surface area contributed by atoms with Crippen LogP contribution in [0.4, 0.5) is 15.9 Å². The smallest absolute Gasteiger partial charge is 0.263 e. The van der Waals surface area contributed by atoms with Crippen molar-refractivity contribution in [3.05, 3.63) is 52.5 Å². The maximum Gasteiger partial charge on any atom is 0.263 e. The van der Waals surface area contributed by atoms with Gasteiger partial charge in [-0.05, 0) is 5.56 Å². The number of likely N-dealkylation sites (N-methyl/N-ethyl adjacent to an activating group) is 1. The Hall–Kier alpha value is -3.11. The number of fused-ring (bicyclic) bond motifs is 2. The van der Waals surface area contributed by atoms with E-state index in [4.69, 9.17) is 5.73 Å². The summed E-state index contributed by atoms with van der Waals surface area (Å²) in [5.41, 5.74) is 8.24. The Morgan fingerprint density at radius 2 is 2.23 bits per heavy atom. The second-order valence-corrected chi connectivity index (χ2v) is 6.51. The summed E-state index contributed by atoms with van der Waals surface area (Å²) in [4.78, 5) is 20.7. The molecule has 0 radical (unpaired) electrons. The van der Waals surface area contributed by atoms with E-state index >= 15 is 0 Å². The molecule has 1 amide bonds. The zero-order valence-corrected chi connectivity index (χ0v) is 13.9.